The van der Waals surface area contributed by atoms with Gasteiger partial charge in [0.05, 0.1) is 18.8 Å². The van der Waals surface area contributed by atoms with Crippen molar-refractivity contribution in [2.24, 2.45) is 5.73 Å². The Hall–Kier alpha value is -3.44. The molecule has 1 amide bonds. The highest BCUT2D eigenvalue weighted by atomic mass is 19.1. The fraction of sp³-hybridized carbons (Fsp3) is 0.536. The molecule has 3 aromatic heterocycles. The number of alkyl halides is 1. The molecule has 11 heteroatoms. The number of carbonyl (C=O) groups is 1. The Bertz CT molecular complexity index is 1360. The standard InChI is InChI=1S/C28H36FN7O3/c1-5-39-18-10-17(11-18)36(23-6-8-31-27(34-23)35-9-7-22(37)28(4,29)15-35)24-12-19-20(16(2)3)13-33-25(26(30)38)21(19)14-32-24/h6,8,12-14,16-18,22,37H,5,7,9-11,15H2,1-4H3,(H2,30,38)/t17?,18?,22-,28+/m1/s1. The minimum Gasteiger partial charge on any atom is -0.390 e. The molecular weight excluding hydrogens is 501 g/mol. The number of rotatable bonds is 8. The fourth-order valence-electron chi connectivity index (χ4n) is 5.48. The number of aliphatic hydroxyl groups excluding tert-OH is 1. The topological polar surface area (TPSA) is 131 Å². The number of primary amides is 1. The third-order valence-corrected chi connectivity index (χ3v) is 7.75. The monoisotopic (exact) mass is 537 g/mol. The Kier molecular flexibility index (Phi) is 7.39. The number of carbonyl (C=O) groups excluding carboxylic acids is 1. The van der Waals surface area contributed by atoms with Gasteiger partial charge >= 0.3 is 0 Å². The molecule has 5 rings (SSSR count). The second-order valence-electron chi connectivity index (χ2n) is 11.0. The first kappa shape index (κ1) is 27.1. The van der Waals surface area contributed by atoms with Crippen LogP contribution < -0.4 is 15.5 Å². The van der Waals surface area contributed by atoms with E-state index in [1.54, 1.807) is 23.5 Å². The Morgan fingerprint density at radius 3 is 2.69 bits per heavy atom. The van der Waals surface area contributed by atoms with Crippen LogP contribution in [-0.2, 0) is 4.74 Å². The molecule has 10 nitrogen and oxygen atoms in total. The number of pyridine rings is 2. The van der Waals surface area contributed by atoms with Gasteiger partial charge < -0.3 is 25.4 Å². The average Bonchev–Trinajstić information content (AvgIpc) is 2.88. The number of anilines is 3. The van der Waals surface area contributed by atoms with Crippen LogP contribution in [0.2, 0.25) is 0 Å². The molecule has 1 saturated carbocycles. The number of aliphatic hydroxyl groups is 1. The molecule has 2 aliphatic rings. The number of halogens is 1. The van der Waals surface area contributed by atoms with E-state index in [4.69, 9.17) is 20.4 Å². The maximum Gasteiger partial charge on any atom is 0.268 e. The smallest absolute Gasteiger partial charge is 0.268 e. The highest BCUT2D eigenvalue weighted by molar-refractivity contribution is 6.05. The van der Waals surface area contributed by atoms with E-state index in [2.05, 4.69) is 28.7 Å². The Morgan fingerprint density at radius 1 is 1.26 bits per heavy atom. The number of aromatic nitrogens is 4. The molecule has 208 valence electrons. The van der Waals surface area contributed by atoms with Crippen LogP contribution in [0.5, 0.6) is 0 Å². The van der Waals surface area contributed by atoms with Crippen molar-refractivity contribution in [1.29, 1.82) is 0 Å². The van der Waals surface area contributed by atoms with Gasteiger partial charge in [0.15, 0.2) is 5.67 Å². The van der Waals surface area contributed by atoms with Gasteiger partial charge in [-0.25, -0.2) is 14.4 Å². The van der Waals surface area contributed by atoms with E-state index in [1.807, 2.05) is 19.1 Å². The maximum absolute atomic E-state index is 15.0. The van der Waals surface area contributed by atoms with E-state index in [-0.39, 0.29) is 30.3 Å². The van der Waals surface area contributed by atoms with Gasteiger partial charge in [-0.15, -0.1) is 0 Å². The molecule has 0 unspecified atom stereocenters. The highest BCUT2D eigenvalue weighted by Gasteiger charge is 2.40. The van der Waals surface area contributed by atoms with Crippen LogP contribution in [0.15, 0.2) is 30.7 Å². The Morgan fingerprint density at radius 2 is 2.03 bits per heavy atom. The molecule has 0 spiro atoms. The lowest BCUT2D eigenvalue weighted by molar-refractivity contribution is -0.00862. The summed E-state index contributed by atoms with van der Waals surface area (Å²) in [4.78, 5) is 34.3. The van der Waals surface area contributed by atoms with Gasteiger partial charge in [0.2, 0.25) is 5.95 Å². The van der Waals surface area contributed by atoms with Crippen LogP contribution in [0, 0.1) is 0 Å². The van der Waals surface area contributed by atoms with Crippen LogP contribution in [0.3, 0.4) is 0 Å². The molecule has 2 atom stereocenters. The Balaban J connectivity index is 1.57. The summed E-state index contributed by atoms with van der Waals surface area (Å²) in [6, 6.07) is 3.86. The van der Waals surface area contributed by atoms with Crippen LogP contribution >= 0.6 is 0 Å². The minimum atomic E-state index is -1.75. The molecule has 3 aromatic rings. The molecule has 0 aromatic carbocycles. The maximum atomic E-state index is 15.0. The normalized spacial score (nSPS) is 25.1. The lowest BCUT2D eigenvalue weighted by Crippen LogP contribution is -2.53. The predicted octanol–water partition coefficient (Wildman–Crippen LogP) is 3.65. The van der Waals surface area contributed by atoms with Crippen molar-refractivity contribution in [3.8, 4) is 0 Å². The van der Waals surface area contributed by atoms with E-state index in [0.29, 0.717) is 42.5 Å². The van der Waals surface area contributed by atoms with Crippen LogP contribution in [-0.4, -0.2) is 74.6 Å². The van der Waals surface area contributed by atoms with Gasteiger partial charge in [-0.3, -0.25) is 9.78 Å². The van der Waals surface area contributed by atoms with Gasteiger partial charge in [0.25, 0.3) is 5.91 Å². The van der Waals surface area contributed by atoms with Crippen molar-refractivity contribution in [2.75, 3.05) is 29.5 Å². The molecule has 0 radical (unpaired) electrons. The second kappa shape index (κ2) is 10.6. The molecule has 4 heterocycles. The quantitative estimate of drug-likeness (QED) is 0.442. The minimum absolute atomic E-state index is 0.00231. The van der Waals surface area contributed by atoms with E-state index in [1.165, 1.54) is 6.92 Å². The van der Waals surface area contributed by atoms with E-state index < -0.39 is 17.7 Å². The number of fused-ring (bicyclic) bond motifs is 1. The van der Waals surface area contributed by atoms with Crippen molar-refractivity contribution in [1.82, 2.24) is 19.9 Å². The number of ether oxygens (including phenoxy) is 1. The SMILES string of the molecule is CCOC1CC(N(c2cc3c(C(C)C)cnc(C(N)=O)c3cn2)c2ccnc(N3CC[C@@H](O)[C@@](C)(F)C3)n2)C1. The zero-order valence-electron chi connectivity index (χ0n) is 22.8. The van der Waals surface area contributed by atoms with E-state index in [0.717, 1.165) is 23.8 Å². The lowest BCUT2D eigenvalue weighted by Gasteiger charge is -2.43. The van der Waals surface area contributed by atoms with Crippen molar-refractivity contribution in [3.63, 3.8) is 0 Å². The van der Waals surface area contributed by atoms with Gasteiger partial charge in [0.1, 0.15) is 17.3 Å². The molecule has 1 saturated heterocycles. The largest absolute Gasteiger partial charge is 0.390 e. The molecular formula is C28H36FN7O3. The summed E-state index contributed by atoms with van der Waals surface area (Å²) in [5.41, 5.74) is 5.03. The first-order valence-corrected chi connectivity index (χ1v) is 13.5. The zero-order chi connectivity index (χ0) is 27.9. The summed E-state index contributed by atoms with van der Waals surface area (Å²) in [5, 5.41) is 11.5. The van der Waals surface area contributed by atoms with Gasteiger partial charge in [0, 0.05) is 43.2 Å². The fourth-order valence-corrected chi connectivity index (χ4v) is 5.48. The molecule has 1 aliphatic heterocycles. The van der Waals surface area contributed by atoms with Gasteiger partial charge in [-0.2, -0.15) is 4.98 Å². The Labute approximate surface area is 227 Å². The first-order chi connectivity index (χ1) is 18.6. The third kappa shape index (κ3) is 5.25. The predicted molar refractivity (Wildman–Crippen MR) is 147 cm³/mol. The number of piperidine rings is 1. The van der Waals surface area contributed by atoms with Gasteiger partial charge in [-0.05, 0) is 62.1 Å². The highest BCUT2D eigenvalue weighted by Crippen LogP contribution is 2.39. The second-order valence-corrected chi connectivity index (χ2v) is 11.0. The van der Waals surface area contributed by atoms with Crippen molar-refractivity contribution in [2.45, 2.75) is 76.8 Å². The van der Waals surface area contributed by atoms with E-state index >= 15 is 0 Å². The van der Waals surface area contributed by atoms with E-state index in [9.17, 15) is 14.3 Å². The van der Waals surface area contributed by atoms with Crippen LogP contribution in [0.25, 0.3) is 10.8 Å². The number of hydrogen-bond acceptors (Lipinski definition) is 9. The number of nitrogens with two attached hydrogens (primary N) is 1. The average molecular weight is 538 g/mol. The first-order valence-electron chi connectivity index (χ1n) is 13.5. The summed E-state index contributed by atoms with van der Waals surface area (Å²) in [7, 11) is 0. The molecule has 0 bridgehead atoms. The number of amides is 1. The zero-order valence-corrected chi connectivity index (χ0v) is 22.8. The van der Waals surface area contributed by atoms with Crippen molar-refractivity contribution in [3.05, 3.63) is 42.0 Å². The molecule has 1 aliphatic carbocycles. The van der Waals surface area contributed by atoms with Crippen LogP contribution in [0.1, 0.15) is 68.9 Å². The summed E-state index contributed by atoms with van der Waals surface area (Å²) in [6.45, 7) is 8.63. The summed E-state index contributed by atoms with van der Waals surface area (Å²) in [6.07, 6.45) is 6.04. The van der Waals surface area contributed by atoms with Crippen molar-refractivity contribution >= 4 is 34.3 Å². The van der Waals surface area contributed by atoms with Crippen molar-refractivity contribution < 1.29 is 19.0 Å². The number of nitrogens with zero attached hydrogens (tertiary/aromatic N) is 6. The summed E-state index contributed by atoms with van der Waals surface area (Å²) < 4.78 is 20.8. The number of hydrogen-bond donors (Lipinski definition) is 2. The lowest BCUT2D eigenvalue weighted by atomic mass is 9.87. The van der Waals surface area contributed by atoms with Gasteiger partial charge in [-0.1, -0.05) is 13.8 Å². The molecule has 3 N–H and O–H groups in total. The summed E-state index contributed by atoms with van der Waals surface area (Å²) in [5.74, 6) is 1.26. The third-order valence-electron chi connectivity index (χ3n) is 7.75. The summed E-state index contributed by atoms with van der Waals surface area (Å²) >= 11 is 0. The molecule has 39 heavy (non-hydrogen) atoms. The molecule has 2 fully saturated rings. The van der Waals surface area contributed by atoms with Crippen LogP contribution in [0.4, 0.5) is 22.0 Å².